The minimum atomic E-state index is -0.815. The summed E-state index contributed by atoms with van der Waals surface area (Å²) in [7, 11) is 0. The largest absolute Gasteiger partial charge is 0.453 e. The summed E-state index contributed by atoms with van der Waals surface area (Å²) in [5.41, 5.74) is -0.0918. The molecule has 0 aliphatic rings. The summed E-state index contributed by atoms with van der Waals surface area (Å²) in [6, 6.07) is 9.34. The summed E-state index contributed by atoms with van der Waals surface area (Å²) in [6.07, 6.45) is 0. The molecule has 0 fully saturated rings. The molecule has 0 aliphatic carbocycles. The molecule has 0 saturated carbocycles. The minimum Gasteiger partial charge on any atom is -0.453 e. The van der Waals surface area contributed by atoms with E-state index in [1.165, 1.54) is 0 Å². The van der Waals surface area contributed by atoms with Gasteiger partial charge in [0.15, 0.2) is 5.76 Å². The number of furan rings is 1. The lowest BCUT2D eigenvalue weighted by Gasteiger charge is -2.26. The van der Waals surface area contributed by atoms with Crippen LogP contribution in [0, 0.1) is 0 Å². The van der Waals surface area contributed by atoms with Crippen molar-refractivity contribution in [3.05, 3.63) is 36.1 Å². The van der Waals surface area contributed by atoms with E-state index in [4.69, 9.17) is 4.42 Å². The van der Waals surface area contributed by atoms with Crippen LogP contribution < -0.4 is 0 Å². The highest BCUT2D eigenvalue weighted by Gasteiger charge is 2.21. The molecule has 2 aromatic rings. The Kier molecular flexibility index (Phi) is 4.26. The maximum Gasteiger partial charge on any atom is 0.211 e. The first-order valence-electron chi connectivity index (χ1n) is 6.85. The van der Waals surface area contributed by atoms with Crippen LogP contribution in [0.4, 0.5) is 0 Å². The van der Waals surface area contributed by atoms with E-state index in [2.05, 4.69) is 0 Å². The zero-order chi connectivity index (χ0) is 14.8. The predicted octanol–water partition coefficient (Wildman–Crippen LogP) is 2.71. The molecule has 0 bridgehead atoms. The number of Topliss-reactive ketones (excluding diaryl/α,β-unsaturated/α-hetero) is 1. The molecule has 1 aromatic heterocycles. The molecule has 0 saturated heterocycles. The number of benzene rings is 1. The van der Waals surface area contributed by atoms with E-state index >= 15 is 0 Å². The van der Waals surface area contributed by atoms with Crippen molar-refractivity contribution in [3.63, 3.8) is 0 Å². The molecule has 0 amide bonds. The van der Waals surface area contributed by atoms with Gasteiger partial charge in [-0.25, -0.2) is 0 Å². The van der Waals surface area contributed by atoms with Crippen LogP contribution in [0.15, 0.2) is 34.7 Å². The van der Waals surface area contributed by atoms with Crippen molar-refractivity contribution in [3.8, 4) is 0 Å². The maximum absolute atomic E-state index is 12.3. The predicted molar refractivity (Wildman–Crippen MR) is 79.0 cm³/mol. The van der Waals surface area contributed by atoms with Gasteiger partial charge >= 0.3 is 0 Å². The number of rotatable bonds is 6. The quantitative estimate of drug-likeness (QED) is 0.824. The zero-order valence-corrected chi connectivity index (χ0v) is 12.2. The average molecular weight is 275 g/mol. The van der Waals surface area contributed by atoms with Gasteiger partial charge in [0, 0.05) is 11.9 Å². The van der Waals surface area contributed by atoms with Crippen LogP contribution >= 0.6 is 0 Å². The average Bonchev–Trinajstić information content (AvgIpc) is 2.80. The van der Waals surface area contributed by atoms with E-state index in [1.54, 1.807) is 19.9 Å². The lowest BCUT2D eigenvalue weighted by Crippen LogP contribution is -2.41. The van der Waals surface area contributed by atoms with E-state index in [-0.39, 0.29) is 12.3 Å². The van der Waals surface area contributed by atoms with Crippen molar-refractivity contribution < 1.29 is 14.3 Å². The number of likely N-dealkylation sites (N-methyl/N-ethyl adjacent to an activating group) is 1. The van der Waals surface area contributed by atoms with Crippen LogP contribution in [0.1, 0.15) is 31.3 Å². The first-order chi connectivity index (χ1) is 9.39. The van der Waals surface area contributed by atoms with Gasteiger partial charge in [-0.2, -0.15) is 0 Å². The molecular weight excluding hydrogens is 254 g/mol. The number of para-hydroxylation sites is 1. The molecular formula is C16H21NO3. The van der Waals surface area contributed by atoms with Gasteiger partial charge in [-0.15, -0.1) is 0 Å². The van der Waals surface area contributed by atoms with E-state index in [0.29, 0.717) is 18.8 Å². The van der Waals surface area contributed by atoms with Gasteiger partial charge in [-0.05, 0) is 32.5 Å². The number of hydrogen-bond donors (Lipinski definition) is 1. The molecule has 4 heteroatoms. The molecule has 0 aliphatic heterocycles. The van der Waals surface area contributed by atoms with E-state index < -0.39 is 5.60 Å². The standard InChI is InChI=1S/C16H21NO3/c1-4-17(11-16(2,3)19)10-13(18)15-9-12-7-5-6-8-14(12)20-15/h5-9,19H,4,10-11H2,1-3H3. The van der Waals surface area contributed by atoms with Crippen LogP contribution in [0.5, 0.6) is 0 Å². The summed E-state index contributed by atoms with van der Waals surface area (Å²) in [6.45, 7) is 6.85. The van der Waals surface area contributed by atoms with Crippen molar-refractivity contribution in [1.82, 2.24) is 4.90 Å². The number of hydrogen-bond acceptors (Lipinski definition) is 4. The molecule has 0 unspecified atom stereocenters. The highest BCUT2D eigenvalue weighted by atomic mass is 16.3. The van der Waals surface area contributed by atoms with Gasteiger partial charge in [-0.1, -0.05) is 25.1 Å². The van der Waals surface area contributed by atoms with Gasteiger partial charge in [0.2, 0.25) is 5.78 Å². The van der Waals surface area contributed by atoms with Crippen LogP contribution in [-0.2, 0) is 0 Å². The van der Waals surface area contributed by atoms with Crippen molar-refractivity contribution in [1.29, 1.82) is 0 Å². The normalized spacial score (nSPS) is 12.2. The SMILES string of the molecule is CCN(CC(=O)c1cc2ccccc2o1)CC(C)(C)O. The molecule has 2 rings (SSSR count). The Hall–Kier alpha value is -1.65. The Balaban J connectivity index is 2.10. The molecule has 1 aromatic carbocycles. The van der Waals surface area contributed by atoms with Crippen LogP contribution in [0.3, 0.4) is 0 Å². The van der Waals surface area contributed by atoms with E-state index in [0.717, 1.165) is 11.0 Å². The van der Waals surface area contributed by atoms with Gasteiger partial charge in [0.25, 0.3) is 0 Å². The topological polar surface area (TPSA) is 53.7 Å². The van der Waals surface area contributed by atoms with Crippen molar-refractivity contribution in [2.24, 2.45) is 0 Å². The Bertz CT molecular complexity index is 562. The Morgan fingerprint density at radius 2 is 2.05 bits per heavy atom. The fourth-order valence-electron chi connectivity index (χ4n) is 2.23. The first-order valence-corrected chi connectivity index (χ1v) is 6.85. The molecule has 4 nitrogen and oxygen atoms in total. The summed E-state index contributed by atoms with van der Waals surface area (Å²) >= 11 is 0. The third-order valence-electron chi connectivity index (χ3n) is 3.13. The summed E-state index contributed by atoms with van der Waals surface area (Å²) < 4.78 is 5.57. The first kappa shape index (κ1) is 14.8. The van der Waals surface area contributed by atoms with Crippen LogP contribution in [-0.4, -0.2) is 41.0 Å². The summed E-state index contributed by atoms with van der Waals surface area (Å²) in [4.78, 5) is 14.2. The van der Waals surface area contributed by atoms with Crippen LogP contribution in [0.25, 0.3) is 11.0 Å². The second-order valence-corrected chi connectivity index (χ2v) is 5.69. The molecule has 20 heavy (non-hydrogen) atoms. The molecule has 1 N–H and O–H groups in total. The fraction of sp³-hybridized carbons (Fsp3) is 0.438. The minimum absolute atomic E-state index is 0.0627. The smallest absolute Gasteiger partial charge is 0.211 e. The monoisotopic (exact) mass is 275 g/mol. The maximum atomic E-state index is 12.3. The van der Waals surface area contributed by atoms with E-state index in [1.807, 2.05) is 36.1 Å². The lowest BCUT2D eigenvalue weighted by atomic mass is 10.1. The van der Waals surface area contributed by atoms with Crippen LogP contribution in [0.2, 0.25) is 0 Å². The van der Waals surface area contributed by atoms with E-state index in [9.17, 15) is 9.90 Å². The molecule has 0 atom stereocenters. The Morgan fingerprint density at radius 3 is 2.65 bits per heavy atom. The van der Waals surface area contributed by atoms with Crippen molar-refractivity contribution >= 4 is 16.8 Å². The molecule has 0 radical (unpaired) electrons. The molecule has 1 heterocycles. The number of carbonyl (C=O) groups is 1. The molecule has 108 valence electrons. The van der Waals surface area contributed by atoms with Gasteiger partial charge in [0.1, 0.15) is 5.58 Å². The van der Waals surface area contributed by atoms with Gasteiger partial charge in [-0.3, -0.25) is 9.69 Å². The Labute approximate surface area is 119 Å². The van der Waals surface area contributed by atoms with Crippen molar-refractivity contribution in [2.75, 3.05) is 19.6 Å². The number of carbonyl (C=O) groups excluding carboxylic acids is 1. The third-order valence-corrected chi connectivity index (χ3v) is 3.13. The number of nitrogens with zero attached hydrogens (tertiary/aromatic N) is 1. The second-order valence-electron chi connectivity index (χ2n) is 5.69. The number of ketones is 1. The summed E-state index contributed by atoms with van der Waals surface area (Å²) in [5, 5.41) is 10.8. The van der Waals surface area contributed by atoms with Gasteiger partial charge in [0.05, 0.1) is 12.1 Å². The zero-order valence-electron chi connectivity index (χ0n) is 12.2. The summed E-state index contributed by atoms with van der Waals surface area (Å²) in [5.74, 6) is 0.313. The Morgan fingerprint density at radius 1 is 1.35 bits per heavy atom. The number of fused-ring (bicyclic) bond motifs is 1. The third kappa shape index (κ3) is 3.68. The highest BCUT2D eigenvalue weighted by Crippen LogP contribution is 2.19. The van der Waals surface area contributed by atoms with Gasteiger partial charge < -0.3 is 9.52 Å². The second kappa shape index (κ2) is 5.77. The fourth-order valence-corrected chi connectivity index (χ4v) is 2.23. The number of aliphatic hydroxyl groups is 1. The lowest BCUT2D eigenvalue weighted by molar-refractivity contribution is 0.0371. The molecule has 0 spiro atoms. The van der Waals surface area contributed by atoms with Crippen molar-refractivity contribution in [2.45, 2.75) is 26.4 Å². The highest BCUT2D eigenvalue weighted by molar-refractivity contribution is 5.98.